The van der Waals surface area contributed by atoms with Crippen molar-refractivity contribution in [2.45, 2.75) is 31.4 Å². The summed E-state index contributed by atoms with van der Waals surface area (Å²) in [7, 11) is 3.26. The third-order valence-corrected chi connectivity index (χ3v) is 4.58. The Morgan fingerprint density at radius 1 is 1.23 bits per heavy atom. The van der Waals surface area contributed by atoms with Crippen molar-refractivity contribution in [1.82, 2.24) is 10.2 Å². The molecule has 150 valence electrons. The highest BCUT2D eigenvalue weighted by molar-refractivity contribution is 5.85. The van der Waals surface area contributed by atoms with Crippen LogP contribution in [0.5, 0.6) is 5.75 Å². The lowest BCUT2D eigenvalue weighted by Gasteiger charge is -2.29. The number of nitrogens with one attached hydrogen (secondary N) is 1. The van der Waals surface area contributed by atoms with Crippen LogP contribution in [-0.2, 0) is 9.53 Å². The average Bonchev–Trinajstić information content (AvgIpc) is 3.14. The Balaban J connectivity index is 0.00000312. The van der Waals surface area contributed by atoms with E-state index in [-0.39, 0.29) is 49.3 Å². The number of rotatable bonds is 9. The predicted octanol–water partition coefficient (Wildman–Crippen LogP) is 2.16. The van der Waals surface area contributed by atoms with E-state index < -0.39 is 0 Å². The average molecular weight is 408 g/mol. The van der Waals surface area contributed by atoms with Gasteiger partial charge in [0.2, 0.25) is 5.91 Å². The number of carbonyl (C=O) groups excluding carboxylic acids is 1. The topological polar surface area (TPSA) is 76.8 Å². The van der Waals surface area contributed by atoms with Gasteiger partial charge in [0.1, 0.15) is 5.75 Å². The number of para-hydroxylation sites is 1. The predicted molar refractivity (Wildman–Crippen MR) is 109 cm³/mol. The molecule has 3 N–H and O–H groups in total. The maximum Gasteiger partial charge on any atom is 0.222 e. The van der Waals surface area contributed by atoms with Crippen LogP contribution in [0.25, 0.3) is 0 Å². The molecule has 2 atom stereocenters. The molecule has 8 heteroatoms. The van der Waals surface area contributed by atoms with E-state index in [9.17, 15) is 4.79 Å². The Labute approximate surface area is 168 Å². The van der Waals surface area contributed by atoms with Gasteiger partial charge in [-0.25, -0.2) is 0 Å². The van der Waals surface area contributed by atoms with Gasteiger partial charge in [-0.05, 0) is 32.0 Å². The number of amides is 1. The van der Waals surface area contributed by atoms with Crippen molar-refractivity contribution in [1.29, 1.82) is 0 Å². The van der Waals surface area contributed by atoms with Crippen molar-refractivity contribution in [3.05, 3.63) is 29.8 Å². The second-order valence-electron chi connectivity index (χ2n) is 6.10. The monoisotopic (exact) mass is 407 g/mol. The number of methoxy groups -OCH3 is 2. The molecule has 2 unspecified atom stereocenters. The summed E-state index contributed by atoms with van der Waals surface area (Å²) in [6, 6.07) is 8.14. The number of halogens is 2. The largest absolute Gasteiger partial charge is 0.496 e. The summed E-state index contributed by atoms with van der Waals surface area (Å²) in [5.41, 5.74) is 6.70. The molecule has 0 aromatic heterocycles. The molecule has 1 aliphatic heterocycles. The van der Waals surface area contributed by atoms with Crippen LogP contribution in [0.1, 0.15) is 30.9 Å². The quantitative estimate of drug-likeness (QED) is 0.655. The number of benzene rings is 1. The van der Waals surface area contributed by atoms with Crippen LogP contribution in [-0.4, -0.2) is 57.3 Å². The minimum Gasteiger partial charge on any atom is -0.496 e. The molecule has 1 amide bonds. The summed E-state index contributed by atoms with van der Waals surface area (Å²) in [4.78, 5) is 14.6. The Morgan fingerprint density at radius 2 is 1.88 bits per heavy atom. The summed E-state index contributed by atoms with van der Waals surface area (Å²) < 4.78 is 10.7. The number of likely N-dealkylation sites (tertiary alicyclic amines) is 1. The number of hydrogen-bond acceptors (Lipinski definition) is 5. The summed E-state index contributed by atoms with van der Waals surface area (Å²) in [6.07, 6.45) is 2.43. The molecule has 1 aromatic rings. The molecule has 1 aromatic carbocycles. The van der Waals surface area contributed by atoms with E-state index in [1.807, 2.05) is 18.2 Å². The SMILES string of the molecule is COc1ccccc1C(CNC(=O)CC(CN)OC)N1CCCC1.Cl.Cl. The van der Waals surface area contributed by atoms with Gasteiger partial charge in [0, 0.05) is 25.8 Å². The maximum absolute atomic E-state index is 12.2. The molecular formula is C18H31Cl2N3O3. The minimum absolute atomic E-state index is 0. The van der Waals surface area contributed by atoms with E-state index in [0.29, 0.717) is 13.1 Å². The van der Waals surface area contributed by atoms with Gasteiger partial charge in [0.05, 0.1) is 25.7 Å². The highest BCUT2D eigenvalue weighted by atomic mass is 35.5. The molecule has 0 saturated carbocycles. The maximum atomic E-state index is 12.2. The molecule has 26 heavy (non-hydrogen) atoms. The van der Waals surface area contributed by atoms with Crippen LogP contribution >= 0.6 is 24.8 Å². The zero-order chi connectivity index (χ0) is 17.4. The van der Waals surface area contributed by atoms with Crippen molar-refractivity contribution >= 4 is 30.7 Å². The van der Waals surface area contributed by atoms with E-state index in [1.165, 1.54) is 12.8 Å². The third kappa shape index (κ3) is 6.93. The summed E-state index contributed by atoms with van der Waals surface area (Å²) >= 11 is 0. The fourth-order valence-electron chi connectivity index (χ4n) is 3.18. The second kappa shape index (κ2) is 13.2. The molecule has 1 saturated heterocycles. The Hall–Kier alpha value is -1.05. The normalized spacial score (nSPS) is 16.1. The van der Waals surface area contributed by atoms with Crippen LogP contribution in [0.4, 0.5) is 0 Å². The van der Waals surface area contributed by atoms with Gasteiger partial charge in [-0.3, -0.25) is 9.69 Å². The Bertz CT molecular complexity index is 524. The van der Waals surface area contributed by atoms with Crippen LogP contribution in [0.3, 0.4) is 0 Å². The first kappa shape index (κ1) is 24.9. The zero-order valence-corrected chi connectivity index (χ0v) is 17.1. The van der Waals surface area contributed by atoms with Gasteiger partial charge in [-0.1, -0.05) is 18.2 Å². The van der Waals surface area contributed by atoms with E-state index >= 15 is 0 Å². The molecular weight excluding hydrogens is 377 g/mol. The molecule has 2 rings (SSSR count). The van der Waals surface area contributed by atoms with Crippen molar-refractivity contribution in [2.24, 2.45) is 5.73 Å². The molecule has 0 aliphatic carbocycles. The lowest BCUT2D eigenvalue weighted by atomic mass is 10.0. The van der Waals surface area contributed by atoms with Crippen LogP contribution in [0.2, 0.25) is 0 Å². The first-order chi connectivity index (χ1) is 11.7. The van der Waals surface area contributed by atoms with Gasteiger partial charge in [-0.2, -0.15) is 0 Å². The lowest BCUT2D eigenvalue weighted by Crippen LogP contribution is -2.39. The van der Waals surface area contributed by atoms with Gasteiger partial charge in [0.15, 0.2) is 0 Å². The molecule has 0 spiro atoms. The third-order valence-electron chi connectivity index (χ3n) is 4.58. The molecule has 0 bridgehead atoms. The van der Waals surface area contributed by atoms with Gasteiger partial charge >= 0.3 is 0 Å². The summed E-state index contributed by atoms with van der Waals surface area (Å²) in [5.74, 6) is 0.826. The smallest absolute Gasteiger partial charge is 0.222 e. The van der Waals surface area contributed by atoms with E-state index in [2.05, 4.69) is 16.3 Å². The van der Waals surface area contributed by atoms with Gasteiger partial charge in [-0.15, -0.1) is 24.8 Å². The highest BCUT2D eigenvalue weighted by Gasteiger charge is 2.26. The minimum atomic E-state index is -0.235. The number of hydrogen-bond donors (Lipinski definition) is 2. The standard InChI is InChI=1S/C18H29N3O3.2ClH/c1-23-14(12-19)11-18(22)20-13-16(21-9-5-6-10-21)15-7-3-4-8-17(15)24-2;;/h3-4,7-8,14,16H,5-6,9-13,19H2,1-2H3,(H,20,22);2*1H. The molecule has 0 radical (unpaired) electrons. The summed E-state index contributed by atoms with van der Waals surface area (Å²) in [6.45, 7) is 2.98. The van der Waals surface area contributed by atoms with E-state index in [1.54, 1.807) is 14.2 Å². The Morgan fingerprint density at radius 3 is 2.46 bits per heavy atom. The number of ether oxygens (including phenoxy) is 2. The fourth-order valence-corrected chi connectivity index (χ4v) is 3.18. The van der Waals surface area contributed by atoms with Crippen LogP contribution < -0.4 is 15.8 Å². The van der Waals surface area contributed by atoms with Crippen molar-refractivity contribution in [3.8, 4) is 5.75 Å². The fraction of sp³-hybridized carbons (Fsp3) is 0.611. The number of carbonyl (C=O) groups is 1. The van der Waals surface area contributed by atoms with Gasteiger partial charge < -0.3 is 20.5 Å². The van der Waals surface area contributed by atoms with Crippen LogP contribution in [0, 0.1) is 0 Å². The van der Waals surface area contributed by atoms with E-state index in [0.717, 1.165) is 24.4 Å². The highest BCUT2D eigenvalue weighted by Crippen LogP contribution is 2.31. The van der Waals surface area contributed by atoms with Crippen molar-refractivity contribution < 1.29 is 14.3 Å². The van der Waals surface area contributed by atoms with Crippen molar-refractivity contribution in [3.63, 3.8) is 0 Å². The molecule has 1 fully saturated rings. The van der Waals surface area contributed by atoms with Crippen molar-refractivity contribution in [2.75, 3.05) is 40.4 Å². The molecule has 1 aliphatic rings. The number of nitrogens with zero attached hydrogens (tertiary/aromatic N) is 1. The Kier molecular flexibility index (Phi) is 12.6. The summed E-state index contributed by atoms with van der Waals surface area (Å²) in [5, 5.41) is 3.04. The second-order valence-corrected chi connectivity index (χ2v) is 6.10. The zero-order valence-electron chi connectivity index (χ0n) is 15.5. The van der Waals surface area contributed by atoms with Gasteiger partial charge in [0.25, 0.3) is 0 Å². The first-order valence-electron chi connectivity index (χ1n) is 8.56. The number of nitrogens with two attached hydrogens (primary N) is 1. The molecule has 6 nitrogen and oxygen atoms in total. The lowest BCUT2D eigenvalue weighted by molar-refractivity contribution is -0.123. The molecule has 1 heterocycles. The van der Waals surface area contributed by atoms with E-state index in [4.69, 9.17) is 15.2 Å². The van der Waals surface area contributed by atoms with Crippen LogP contribution in [0.15, 0.2) is 24.3 Å². The first-order valence-corrected chi connectivity index (χ1v) is 8.56.